The van der Waals surface area contributed by atoms with E-state index in [4.69, 9.17) is 0 Å². The molecule has 2 aromatic rings. The summed E-state index contributed by atoms with van der Waals surface area (Å²) in [6, 6.07) is 4.19. The Morgan fingerprint density at radius 2 is 2.23 bits per heavy atom. The predicted molar refractivity (Wildman–Crippen MR) is 95.3 cm³/mol. The van der Waals surface area contributed by atoms with E-state index >= 15 is 0 Å². The first-order chi connectivity index (χ1) is 12.5. The number of hydrogen-bond acceptors (Lipinski definition) is 7. The number of sulfonamides is 1. The van der Waals surface area contributed by atoms with Crippen LogP contribution in [0.4, 0.5) is 0 Å². The molecule has 2 saturated heterocycles. The van der Waals surface area contributed by atoms with E-state index in [2.05, 4.69) is 26.4 Å². The van der Waals surface area contributed by atoms with Crippen LogP contribution in [0.15, 0.2) is 18.6 Å². The molecule has 1 atom stereocenters. The van der Waals surface area contributed by atoms with Crippen molar-refractivity contribution in [2.45, 2.75) is 24.8 Å². The first-order valence-corrected chi connectivity index (χ1v) is 10.2. The molecule has 0 amide bonds. The van der Waals surface area contributed by atoms with Crippen molar-refractivity contribution < 1.29 is 8.42 Å². The molecule has 0 spiro atoms. The summed E-state index contributed by atoms with van der Waals surface area (Å²) in [4.78, 5) is 11.8. The summed E-state index contributed by atoms with van der Waals surface area (Å²) >= 11 is 0. The molecule has 0 radical (unpaired) electrons. The molecule has 10 heteroatoms. The molecule has 1 unspecified atom stereocenters. The van der Waals surface area contributed by atoms with Crippen LogP contribution in [0.25, 0.3) is 11.0 Å². The minimum atomic E-state index is -3.22. The van der Waals surface area contributed by atoms with Gasteiger partial charge in [-0.1, -0.05) is 0 Å². The molecular formula is C16H21N7O2S. The van der Waals surface area contributed by atoms with Crippen LogP contribution in [0, 0.1) is 11.3 Å². The van der Waals surface area contributed by atoms with Crippen LogP contribution < -0.4 is 5.43 Å². The number of hydrazine groups is 1. The molecule has 9 nitrogen and oxygen atoms in total. The zero-order chi connectivity index (χ0) is 18.4. The second-order valence-electron chi connectivity index (χ2n) is 6.90. The van der Waals surface area contributed by atoms with Crippen molar-refractivity contribution in [3.05, 3.63) is 24.3 Å². The Bertz CT molecular complexity index is 958. The van der Waals surface area contributed by atoms with Crippen molar-refractivity contribution in [3.63, 3.8) is 0 Å². The van der Waals surface area contributed by atoms with Gasteiger partial charge in [0.1, 0.15) is 12.0 Å². The van der Waals surface area contributed by atoms with Gasteiger partial charge in [0.15, 0.2) is 0 Å². The topological polar surface area (TPSA) is 118 Å². The third-order valence-electron chi connectivity index (χ3n) is 5.38. The van der Waals surface area contributed by atoms with E-state index in [0.717, 1.165) is 16.7 Å². The Balaban J connectivity index is 1.54. The Hall–Kier alpha value is -2.06. The number of aromatic nitrogens is 3. The number of hydrogen-bond donors (Lipinski definition) is 2. The van der Waals surface area contributed by atoms with Gasteiger partial charge in [-0.3, -0.25) is 5.43 Å². The number of nitriles is 1. The highest BCUT2D eigenvalue weighted by atomic mass is 32.2. The van der Waals surface area contributed by atoms with E-state index in [9.17, 15) is 13.7 Å². The van der Waals surface area contributed by atoms with Crippen LogP contribution in [0.1, 0.15) is 25.0 Å². The van der Waals surface area contributed by atoms with E-state index in [1.165, 1.54) is 4.31 Å². The average Bonchev–Trinajstić information content (AvgIpc) is 3.26. The van der Waals surface area contributed by atoms with Gasteiger partial charge >= 0.3 is 0 Å². The van der Waals surface area contributed by atoms with E-state index in [1.54, 1.807) is 13.3 Å². The number of H-pyrrole nitrogens is 1. The average molecular weight is 375 g/mol. The molecule has 2 N–H and O–H groups in total. The monoisotopic (exact) mass is 375 g/mol. The predicted octanol–water partition coefficient (Wildman–Crippen LogP) is 0.179. The van der Waals surface area contributed by atoms with Gasteiger partial charge in [-0.2, -0.15) is 9.57 Å². The lowest BCUT2D eigenvalue weighted by molar-refractivity contribution is -0.0243. The summed E-state index contributed by atoms with van der Waals surface area (Å²) < 4.78 is 25.6. The number of fused-ring (bicyclic) bond motifs is 1. The van der Waals surface area contributed by atoms with E-state index in [1.807, 2.05) is 17.3 Å². The molecule has 2 aliphatic rings. The van der Waals surface area contributed by atoms with Crippen LogP contribution in [0.3, 0.4) is 0 Å². The number of nitrogens with one attached hydrogen (secondary N) is 2. The number of aromatic amines is 1. The van der Waals surface area contributed by atoms with Crippen molar-refractivity contribution in [2.75, 3.05) is 31.9 Å². The van der Waals surface area contributed by atoms with Crippen LogP contribution in [-0.4, -0.2) is 70.2 Å². The lowest BCUT2D eigenvalue weighted by Gasteiger charge is -2.52. The number of rotatable bonds is 5. The molecular weight excluding hydrogens is 354 g/mol. The highest BCUT2D eigenvalue weighted by molar-refractivity contribution is 7.89. The summed E-state index contributed by atoms with van der Waals surface area (Å²) in [6.07, 6.45) is 3.69. The van der Waals surface area contributed by atoms with Gasteiger partial charge in [0.2, 0.25) is 10.0 Å². The van der Waals surface area contributed by atoms with Crippen molar-refractivity contribution in [2.24, 2.45) is 0 Å². The molecule has 0 aromatic carbocycles. The van der Waals surface area contributed by atoms with Crippen molar-refractivity contribution >= 4 is 21.1 Å². The van der Waals surface area contributed by atoms with Crippen LogP contribution in [-0.2, 0) is 10.0 Å². The second kappa shape index (κ2) is 6.28. The minimum Gasteiger partial charge on any atom is -0.346 e. The highest BCUT2D eigenvalue weighted by Crippen LogP contribution is 2.36. The van der Waals surface area contributed by atoms with E-state index in [0.29, 0.717) is 26.2 Å². The molecule has 2 aliphatic heterocycles. The van der Waals surface area contributed by atoms with Gasteiger partial charge in [0, 0.05) is 43.7 Å². The lowest BCUT2D eigenvalue weighted by atomic mass is 9.88. The van der Waals surface area contributed by atoms with Gasteiger partial charge in [-0.25, -0.2) is 23.4 Å². The standard InChI is InChI=1S/C16H21N7O2S/c1-2-26(24,25)22-9-16(10-22,4-5-17)23-8-12(7-21-23)14-13-3-6-18-15(13)20-11-19-14/h3,6,11-12,21H,2,4,7-10H2,1H3,(H,18,19,20). The maximum Gasteiger partial charge on any atom is 0.213 e. The van der Waals surface area contributed by atoms with Gasteiger partial charge in [-0.05, 0) is 13.0 Å². The quantitative estimate of drug-likeness (QED) is 0.765. The molecule has 0 saturated carbocycles. The van der Waals surface area contributed by atoms with Crippen molar-refractivity contribution in [1.29, 1.82) is 5.26 Å². The van der Waals surface area contributed by atoms with Gasteiger partial charge in [0.25, 0.3) is 0 Å². The maximum absolute atomic E-state index is 12.1. The molecule has 26 heavy (non-hydrogen) atoms. The van der Waals surface area contributed by atoms with Gasteiger partial charge in [0.05, 0.1) is 29.5 Å². The zero-order valence-electron chi connectivity index (χ0n) is 14.5. The van der Waals surface area contributed by atoms with E-state index < -0.39 is 15.6 Å². The Morgan fingerprint density at radius 1 is 1.42 bits per heavy atom. The van der Waals surface area contributed by atoms with Gasteiger partial charge < -0.3 is 4.98 Å². The highest BCUT2D eigenvalue weighted by Gasteiger charge is 2.53. The normalized spacial score (nSPS) is 23.8. The summed E-state index contributed by atoms with van der Waals surface area (Å²) in [5, 5.41) is 12.3. The molecule has 0 bridgehead atoms. The fraction of sp³-hybridized carbons (Fsp3) is 0.562. The molecule has 2 fully saturated rings. The molecule has 4 rings (SSSR count). The van der Waals surface area contributed by atoms with E-state index in [-0.39, 0.29) is 18.1 Å². The first kappa shape index (κ1) is 17.4. The Labute approximate surface area is 152 Å². The number of nitrogens with zero attached hydrogens (tertiary/aromatic N) is 5. The van der Waals surface area contributed by atoms with Crippen LogP contribution >= 0.6 is 0 Å². The Kier molecular flexibility index (Phi) is 4.19. The summed E-state index contributed by atoms with van der Waals surface area (Å²) in [7, 11) is -3.22. The van der Waals surface area contributed by atoms with Crippen LogP contribution in [0.5, 0.6) is 0 Å². The molecule has 2 aromatic heterocycles. The largest absolute Gasteiger partial charge is 0.346 e. The molecule has 4 heterocycles. The lowest BCUT2D eigenvalue weighted by Crippen LogP contribution is -2.72. The fourth-order valence-corrected chi connectivity index (χ4v) is 5.09. The molecule has 0 aliphatic carbocycles. The maximum atomic E-state index is 12.1. The summed E-state index contributed by atoms with van der Waals surface area (Å²) in [5.74, 6) is 0.238. The van der Waals surface area contributed by atoms with Gasteiger partial charge in [-0.15, -0.1) is 0 Å². The summed E-state index contributed by atoms with van der Waals surface area (Å²) in [5.41, 5.74) is 4.67. The summed E-state index contributed by atoms with van der Waals surface area (Å²) in [6.45, 7) is 3.71. The third-order valence-corrected chi connectivity index (χ3v) is 7.16. The van der Waals surface area contributed by atoms with Crippen LogP contribution in [0.2, 0.25) is 0 Å². The minimum absolute atomic E-state index is 0.0814. The molecule has 138 valence electrons. The second-order valence-corrected chi connectivity index (χ2v) is 9.15. The third kappa shape index (κ3) is 2.68. The smallest absolute Gasteiger partial charge is 0.213 e. The fourth-order valence-electron chi connectivity index (χ4n) is 3.85. The zero-order valence-corrected chi connectivity index (χ0v) is 15.3. The Morgan fingerprint density at radius 3 is 2.96 bits per heavy atom. The van der Waals surface area contributed by atoms with Crippen molar-refractivity contribution in [3.8, 4) is 6.07 Å². The van der Waals surface area contributed by atoms with Crippen molar-refractivity contribution in [1.82, 2.24) is 29.7 Å². The first-order valence-electron chi connectivity index (χ1n) is 8.63. The SMILES string of the molecule is CCS(=O)(=O)N1CC(CC#N)(N2CC(c3ncnc4[nH]ccc34)CN2)C1.